The fraction of sp³-hybridized carbons (Fsp3) is 0.167. The third-order valence-corrected chi connectivity index (χ3v) is 3.78. The van der Waals surface area contributed by atoms with Crippen molar-refractivity contribution in [3.8, 4) is 0 Å². The van der Waals surface area contributed by atoms with Gasteiger partial charge in [-0.3, -0.25) is 14.6 Å². The lowest BCUT2D eigenvalue weighted by molar-refractivity contribution is 0.0947. The van der Waals surface area contributed by atoms with Crippen LogP contribution in [0.3, 0.4) is 0 Å². The van der Waals surface area contributed by atoms with Gasteiger partial charge in [0.1, 0.15) is 17.3 Å². The van der Waals surface area contributed by atoms with Gasteiger partial charge in [-0.05, 0) is 36.2 Å². The molecule has 0 bridgehead atoms. The minimum absolute atomic E-state index is 0.101. The van der Waals surface area contributed by atoms with Crippen molar-refractivity contribution in [1.29, 1.82) is 0 Å². The van der Waals surface area contributed by atoms with Crippen molar-refractivity contribution in [2.24, 2.45) is 0 Å². The van der Waals surface area contributed by atoms with Gasteiger partial charge in [0.05, 0.1) is 18.7 Å². The van der Waals surface area contributed by atoms with Gasteiger partial charge in [0.2, 0.25) is 0 Å². The van der Waals surface area contributed by atoms with Crippen molar-refractivity contribution in [2.45, 2.75) is 12.3 Å². The lowest BCUT2D eigenvalue weighted by Gasteiger charge is -2.15. The summed E-state index contributed by atoms with van der Waals surface area (Å²) in [5, 5.41) is 2.73. The Kier molecular flexibility index (Phi) is 5.03. The van der Waals surface area contributed by atoms with Gasteiger partial charge in [-0.25, -0.2) is 4.39 Å². The van der Waals surface area contributed by atoms with Gasteiger partial charge in [-0.15, -0.1) is 0 Å². The summed E-state index contributed by atoms with van der Waals surface area (Å²) in [5.74, 6) is -0.113. The number of rotatable bonds is 6. The number of furan rings is 1. The summed E-state index contributed by atoms with van der Waals surface area (Å²) in [6.07, 6.45) is 4.51. The van der Waals surface area contributed by atoms with Crippen LogP contribution in [-0.4, -0.2) is 22.4 Å². The van der Waals surface area contributed by atoms with E-state index in [1.165, 1.54) is 18.3 Å². The first-order valence-corrected chi connectivity index (χ1v) is 7.75. The molecule has 1 amide bonds. The highest BCUT2D eigenvalue weighted by molar-refractivity contribution is 5.91. The molecule has 128 valence electrons. The van der Waals surface area contributed by atoms with E-state index in [9.17, 15) is 14.0 Å². The maximum atomic E-state index is 13.2. The molecule has 3 rings (SSSR count). The van der Waals surface area contributed by atoms with Crippen LogP contribution in [0.5, 0.6) is 0 Å². The summed E-state index contributed by atoms with van der Waals surface area (Å²) < 4.78 is 18.6. The van der Waals surface area contributed by atoms with Gasteiger partial charge in [0.15, 0.2) is 0 Å². The van der Waals surface area contributed by atoms with Crippen LogP contribution < -0.4 is 10.9 Å². The third kappa shape index (κ3) is 4.20. The zero-order chi connectivity index (χ0) is 17.6. The van der Waals surface area contributed by atoms with Crippen molar-refractivity contribution < 1.29 is 13.6 Å². The Balaban J connectivity index is 1.68. The molecule has 0 spiro atoms. The van der Waals surface area contributed by atoms with E-state index in [1.807, 2.05) is 6.07 Å². The normalized spacial score (nSPS) is 11.9. The van der Waals surface area contributed by atoms with E-state index in [-0.39, 0.29) is 17.4 Å². The SMILES string of the molecule is O=C(NCC[C@H](c1ccc(F)cc1)c1ccco1)c1cncc(=O)[nH]1. The first kappa shape index (κ1) is 16.6. The van der Waals surface area contributed by atoms with E-state index in [0.717, 1.165) is 17.5 Å². The van der Waals surface area contributed by atoms with Crippen LogP contribution in [0.15, 0.2) is 64.3 Å². The van der Waals surface area contributed by atoms with E-state index < -0.39 is 11.5 Å². The number of nitrogens with zero attached hydrogens (tertiary/aromatic N) is 1. The second kappa shape index (κ2) is 7.57. The summed E-state index contributed by atoms with van der Waals surface area (Å²) in [6, 6.07) is 9.81. The van der Waals surface area contributed by atoms with Gasteiger partial charge in [-0.2, -0.15) is 0 Å². The largest absolute Gasteiger partial charge is 0.469 e. The molecule has 0 aliphatic rings. The number of carbonyl (C=O) groups excluding carboxylic acids is 1. The molecule has 0 aliphatic carbocycles. The summed E-state index contributed by atoms with van der Waals surface area (Å²) in [6.45, 7) is 0.346. The molecule has 2 N–H and O–H groups in total. The van der Waals surface area contributed by atoms with Gasteiger partial charge in [0.25, 0.3) is 11.5 Å². The van der Waals surface area contributed by atoms with Crippen molar-refractivity contribution in [3.05, 3.63) is 88.2 Å². The highest BCUT2D eigenvalue weighted by atomic mass is 19.1. The molecule has 0 radical (unpaired) electrons. The molecule has 2 heterocycles. The van der Waals surface area contributed by atoms with E-state index in [2.05, 4.69) is 15.3 Å². The van der Waals surface area contributed by atoms with Crippen LogP contribution in [-0.2, 0) is 0 Å². The average Bonchev–Trinajstić information content (AvgIpc) is 3.14. The number of hydrogen-bond acceptors (Lipinski definition) is 4. The number of halogens is 1. The predicted molar refractivity (Wildman–Crippen MR) is 88.8 cm³/mol. The number of hydrogen-bond donors (Lipinski definition) is 2. The van der Waals surface area contributed by atoms with Crippen LogP contribution in [0.2, 0.25) is 0 Å². The number of benzene rings is 1. The predicted octanol–water partition coefficient (Wildman–Crippen LogP) is 2.45. The molecule has 0 aliphatic heterocycles. The second-order valence-electron chi connectivity index (χ2n) is 5.47. The molecule has 25 heavy (non-hydrogen) atoms. The lowest BCUT2D eigenvalue weighted by Crippen LogP contribution is -2.28. The van der Waals surface area contributed by atoms with Crippen LogP contribution in [0, 0.1) is 5.82 Å². The van der Waals surface area contributed by atoms with Gasteiger partial charge >= 0.3 is 0 Å². The van der Waals surface area contributed by atoms with Crippen molar-refractivity contribution in [1.82, 2.24) is 15.3 Å². The number of aromatic amines is 1. The standard InChI is InChI=1S/C18H16FN3O3/c19-13-5-3-12(4-6-13)14(16-2-1-9-25-16)7-8-21-18(24)15-10-20-11-17(23)22-15/h1-6,9-11,14H,7-8H2,(H,21,24)(H,22,23)/t14-/m1/s1. The fourth-order valence-electron chi connectivity index (χ4n) is 2.58. The smallest absolute Gasteiger partial charge is 0.269 e. The van der Waals surface area contributed by atoms with Crippen LogP contribution in [0.25, 0.3) is 0 Å². The first-order valence-electron chi connectivity index (χ1n) is 7.75. The summed E-state index contributed by atoms with van der Waals surface area (Å²) >= 11 is 0. The van der Waals surface area contributed by atoms with Crippen molar-refractivity contribution in [3.63, 3.8) is 0 Å². The van der Waals surface area contributed by atoms with E-state index in [0.29, 0.717) is 13.0 Å². The van der Waals surface area contributed by atoms with Crippen LogP contribution in [0.4, 0.5) is 4.39 Å². The number of H-pyrrole nitrogens is 1. The molecular weight excluding hydrogens is 325 g/mol. The van der Waals surface area contributed by atoms with E-state index in [4.69, 9.17) is 4.42 Å². The molecule has 3 aromatic rings. The molecule has 7 heteroatoms. The highest BCUT2D eigenvalue weighted by Crippen LogP contribution is 2.28. The van der Waals surface area contributed by atoms with E-state index in [1.54, 1.807) is 24.5 Å². The van der Waals surface area contributed by atoms with Crippen molar-refractivity contribution >= 4 is 5.91 Å². The van der Waals surface area contributed by atoms with Crippen LogP contribution >= 0.6 is 0 Å². The Morgan fingerprint density at radius 2 is 2.04 bits per heavy atom. The zero-order valence-electron chi connectivity index (χ0n) is 13.2. The maximum Gasteiger partial charge on any atom is 0.269 e. The van der Waals surface area contributed by atoms with Crippen molar-refractivity contribution in [2.75, 3.05) is 6.54 Å². The molecule has 0 unspecified atom stereocenters. The average molecular weight is 341 g/mol. The molecule has 6 nitrogen and oxygen atoms in total. The minimum atomic E-state index is -0.438. The Morgan fingerprint density at radius 3 is 2.72 bits per heavy atom. The Hall–Kier alpha value is -3.22. The van der Waals surface area contributed by atoms with E-state index >= 15 is 0 Å². The summed E-state index contributed by atoms with van der Waals surface area (Å²) in [4.78, 5) is 29.4. The Labute approximate surface area is 142 Å². The number of nitrogens with one attached hydrogen (secondary N) is 2. The fourth-order valence-corrected chi connectivity index (χ4v) is 2.58. The molecule has 1 atom stereocenters. The Bertz CT molecular complexity index is 888. The first-order chi connectivity index (χ1) is 12.1. The molecule has 0 saturated heterocycles. The van der Waals surface area contributed by atoms with Gasteiger partial charge in [0, 0.05) is 12.5 Å². The van der Waals surface area contributed by atoms with Gasteiger partial charge in [-0.1, -0.05) is 12.1 Å². The topological polar surface area (TPSA) is 88.0 Å². The monoisotopic (exact) mass is 341 g/mol. The molecule has 0 saturated carbocycles. The lowest BCUT2D eigenvalue weighted by atomic mass is 9.93. The van der Waals surface area contributed by atoms with Gasteiger partial charge < -0.3 is 14.7 Å². The molecule has 0 fully saturated rings. The quantitative estimate of drug-likeness (QED) is 0.721. The molecular formula is C18H16FN3O3. The molecule has 1 aromatic carbocycles. The third-order valence-electron chi connectivity index (χ3n) is 3.78. The summed E-state index contributed by atoms with van der Waals surface area (Å²) in [5.41, 5.74) is 0.552. The molecule has 2 aromatic heterocycles. The zero-order valence-corrected chi connectivity index (χ0v) is 13.2. The second-order valence-corrected chi connectivity index (χ2v) is 5.47. The minimum Gasteiger partial charge on any atom is -0.469 e. The van der Waals surface area contributed by atoms with Crippen LogP contribution in [0.1, 0.15) is 34.2 Å². The number of carbonyl (C=O) groups is 1. The summed E-state index contributed by atoms with van der Waals surface area (Å²) in [7, 11) is 0. The number of aromatic nitrogens is 2. The number of amides is 1. The maximum absolute atomic E-state index is 13.2. The Morgan fingerprint density at radius 1 is 1.24 bits per heavy atom. The highest BCUT2D eigenvalue weighted by Gasteiger charge is 2.17.